The van der Waals surface area contributed by atoms with Crippen molar-refractivity contribution in [1.29, 1.82) is 0 Å². The second-order valence-corrected chi connectivity index (χ2v) is 8.89. The van der Waals surface area contributed by atoms with E-state index in [-0.39, 0.29) is 11.9 Å². The molecule has 1 fully saturated rings. The minimum atomic E-state index is -0.406. The number of rotatable bonds is 4. The number of hydrogen-bond acceptors (Lipinski definition) is 3. The number of amides is 2. The van der Waals surface area contributed by atoms with Crippen LogP contribution in [0.2, 0.25) is 10.0 Å². The van der Waals surface area contributed by atoms with Crippen molar-refractivity contribution in [2.75, 3.05) is 13.1 Å². The maximum absolute atomic E-state index is 13.1. The minimum absolute atomic E-state index is 0.101. The van der Waals surface area contributed by atoms with Crippen molar-refractivity contribution in [2.45, 2.75) is 46.1 Å². The van der Waals surface area contributed by atoms with Gasteiger partial charge in [0.15, 0.2) is 4.80 Å². The highest BCUT2D eigenvalue weighted by Crippen LogP contribution is 2.24. The van der Waals surface area contributed by atoms with Gasteiger partial charge in [0.25, 0.3) is 5.91 Å². The van der Waals surface area contributed by atoms with Gasteiger partial charge in [0, 0.05) is 29.2 Å². The molecule has 0 spiro atoms. The highest BCUT2D eigenvalue weighted by atomic mass is 35.5. The van der Waals surface area contributed by atoms with E-state index in [1.54, 1.807) is 12.1 Å². The van der Waals surface area contributed by atoms with Crippen molar-refractivity contribution in [2.24, 2.45) is 4.99 Å². The smallest absolute Gasteiger partial charge is 0.279 e. The van der Waals surface area contributed by atoms with E-state index < -0.39 is 5.91 Å². The van der Waals surface area contributed by atoms with E-state index in [1.165, 1.54) is 17.4 Å². The fourth-order valence-corrected chi connectivity index (χ4v) is 4.72. The third-order valence-electron chi connectivity index (χ3n) is 5.09. The third kappa shape index (κ3) is 4.19. The molecule has 2 heterocycles. The summed E-state index contributed by atoms with van der Waals surface area (Å²) in [6, 6.07) is 4.34. The molecular formula is C20H23Cl2N3O2S. The monoisotopic (exact) mass is 439 g/mol. The van der Waals surface area contributed by atoms with Crippen molar-refractivity contribution in [3.8, 4) is 0 Å². The Labute approximate surface area is 178 Å². The van der Waals surface area contributed by atoms with Crippen LogP contribution < -0.4 is 4.80 Å². The highest BCUT2D eigenvalue weighted by Gasteiger charge is 2.28. The van der Waals surface area contributed by atoms with Crippen LogP contribution in [-0.4, -0.2) is 34.4 Å². The molecule has 2 amide bonds. The van der Waals surface area contributed by atoms with Crippen LogP contribution in [-0.2, 0) is 4.79 Å². The Morgan fingerprint density at radius 2 is 1.86 bits per heavy atom. The molecular weight excluding hydrogens is 417 g/mol. The lowest BCUT2D eigenvalue weighted by Gasteiger charge is -2.24. The number of carbonyl (C=O) groups excluding carboxylic acids is 2. The molecule has 0 radical (unpaired) electrons. The molecule has 28 heavy (non-hydrogen) atoms. The van der Waals surface area contributed by atoms with E-state index >= 15 is 0 Å². The minimum Gasteiger partial charge on any atom is -0.341 e. The van der Waals surface area contributed by atoms with Crippen LogP contribution in [0.4, 0.5) is 0 Å². The van der Waals surface area contributed by atoms with Gasteiger partial charge in [0.1, 0.15) is 6.04 Å². The quantitative estimate of drug-likeness (QED) is 0.687. The van der Waals surface area contributed by atoms with Gasteiger partial charge in [0.05, 0.1) is 10.0 Å². The van der Waals surface area contributed by atoms with Gasteiger partial charge < -0.3 is 9.47 Å². The average Bonchev–Trinajstić information content (AvgIpc) is 3.29. The van der Waals surface area contributed by atoms with Crippen LogP contribution in [0.15, 0.2) is 23.2 Å². The lowest BCUT2D eigenvalue weighted by Crippen LogP contribution is -2.38. The molecule has 5 nitrogen and oxygen atoms in total. The molecule has 0 unspecified atom stereocenters. The number of benzene rings is 1. The summed E-state index contributed by atoms with van der Waals surface area (Å²) < 4.78 is 1.91. The Kier molecular flexibility index (Phi) is 6.63. The second-order valence-electron chi connectivity index (χ2n) is 6.90. The van der Waals surface area contributed by atoms with Crippen molar-refractivity contribution >= 4 is 46.4 Å². The SMILES string of the molecule is CC[C@H](C(=O)N1CCCC1)n1c(C)c(C)sc1=NC(=O)c1ccc(Cl)c(Cl)c1. The molecule has 1 aromatic heterocycles. The summed E-state index contributed by atoms with van der Waals surface area (Å²) in [5.41, 5.74) is 1.33. The van der Waals surface area contributed by atoms with Crippen LogP contribution in [0.3, 0.4) is 0 Å². The number of carbonyl (C=O) groups is 2. The summed E-state index contributed by atoms with van der Waals surface area (Å²) in [7, 11) is 0. The molecule has 8 heteroatoms. The number of halogens is 2. The van der Waals surface area contributed by atoms with E-state index in [4.69, 9.17) is 23.2 Å². The Balaban J connectivity index is 2.03. The highest BCUT2D eigenvalue weighted by molar-refractivity contribution is 7.09. The molecule has 0 N–H and O–H groups in total. The first-order valence-electron chi connectivity index (χ1n) is 9.35. The van der Waals surface area contributed by atoms with Gasteiger partial charge in [-0.2, -0.15) is 4.99 Å². The topological polar surface area (TPSA) is 54.7 Å². The molecule has 1 saturated heterocycles. The zero-order valence-electron chi connectivity index (χ0n) is 16.2. The zero-order valence-corrected chi connectivity index (χ0v) is 18.5. The van der Waals surface area contributed by atoms with Gasteiger partial charge in [-0.15, -0.1) is 11.3 Å². The lowest BCUT2D eigenvalue weighted by atomic mass is 10.2. The summed E-state index contributed by atoms with van der Waals surface area (Å²) in [5.74, 6) is -0.304. The van der Waals surface area contributed by atoms with Crippen molar-refractivity contribution in [1.82, 2.24) is 9.47 Å². The summed E-state index contributed by atoms with van der Waals surface area (Å²) in [6.45, 7) is 7.53. The van der Waals surface area contributed by atoms with E-state index in [9.17, 15) is 9.59 Å². The maximum atomic E-state index is 13.1. The molecule has 1 aliphatic rings. The third-order valence-corrected chi connectivity index (χ3v) is 6.90. The largest absolute Gasteiger partial charge is 0.341 e. The Hall–Kier alpha value is -1.63. The zero-order chi connectivity index (χ0) is 20.4. The molecule has 0 aliphatic carbocycles. The number of nitrogens with zero attached hydrogens (tertiary/aromatic N) is 3. The molecule has 1 aliphatic heterocycles. The predicted octanol–water partition coefficient (Wildman–Crippen LogP) is 4.79. The van der Waals surface area contributed by atoms with E-state index in [0.29, 0.717) is 26.8 Å². The first-order chi connectivity index (χ1) is 13.3. The number of thiazole rings is 1. The van der Waals surface area contributed by atoms with Gasteiger partial charge in [-0.05, 0) is 51.3 Å². The van der Waals surface area contributed by atoms with E-state index in [1.807, 2.05) is 30.2 Å². The van der Waals surface area contributed by atoms with Crippen molar-refractivity contribution in [3.05, 3.63) is 49.2 Å². The number of likely N-dealkylation sites (tertiary alicyclic amines) is 1. The van der Waals surface area contributed by atoms with E-state index in [2.05, 4.69) is 4.99 Å². The average molecular weight is 440 g/mol. The fourth-order valence-electron chi connectivity index (χ4n) is 3.41. The number of aromatic nitrogens is 1. The van der Waals surface area contributed by atoms with E-state index in [0.717, 1.165) is 36.5 Å². The van der Waals surface area contributed by atoms with Gasteiger partial charge >= 0.3 is 0 Å². The predicted molar refractivity (Wildman–Crippen MR) is 113 cm³/mol. The molecule has 3 rings (SSSR count). The lowest BCUT2D eigenvalue weighted by molar-refractivity contribution is -0.133. The van der Waals surface area contributed by atoms with Gasteiger partial charge in [-0.1, -0.05) is 30.1 Å². The molecule has 150 valence electrons. The summed E-state index contributed by atoms with van der Waals surface area (Å²) >= 11 is 13.4. The summed E-state index contributed by atoms with van der Waals surface area (Å²) in [4.78, 5) is 33.6. The summed E-state index contributed by atoms with van der Waals surface area (Å²) in [5, 5.41) is 0.697. The second kappa shape index (κ2) is 8.80. The van der Waals surface area contributed by atoms with Crippen molar-refractivity contribution < 1.29 is 9.59 Å². The molecule has 0 bridgehead atoms. The summed E-state index contributed by atoms with van der Waals surface area (Å²) in [6.07, 6.45) is 2.73. The van der Waals surface area contributed by atoms with Gasteiger partial charge in [-0.3, -0.25) is 9.59 Å². The van der Waals surface area contributed by atoms with Crippen LogP contribution >= 0.6 is 34.5 Å². The fraction of sp³-hybridized carbons (Fsp3) is 0.450. The standard InChI is InChI=1S/C20H23Cl2N3O2S/c1-4-17(19(27)24-9-5-6-10-24)25-12(2)13(3)28-20(25)23-18(26)14-7-8-15(21)16(22)11-14/h7-8,11,17H,4-6,9-10H2,1-3H3/t17-/m1/s1. The van der Waals surface area contributed by atoms with Crippen LogP contribution in [0.5, 0.6) is 0 Å². The Morgan fingerprint density at radius 3 is 2.46 bits per heavy atom. The molecule has 1 aromatic carbocycles. The Bertz CT molecular complexity index is 974. The van der Waals surface area contributed by atoms with Crippen LogP contribution in [0, 0.1) is 13.8 Å². The first-order valence-corrected chi connectivity index (χ1v) is 10.9. The number of aryl methyl sites for hydroxylation is 1. The number of hydrogen-bond donors (Lipinski definition) is 0. The molecule has 1 atom stereocenters. The van der Waals surface area contributed by atoms with Gasteiger partial charge in [0.2, 0.25) is 5.91 Å². The van der Waals surface area contributed by atoms with Crippen LogP contribution in [0.25, 0.3) is 0 Å². The first kappa shape index (κ1) is 21.1. The van der Waals surface area contributed by atoms with Crippen LogP contribution in [0.1, 0.15) is 53.2 Å². The molecule has 2 aromatic rings. The normalized spacial score (nSPS) is 15.9. The Morgan fingerprint density at radius 1 is 1.18 bits per heavy atom. The van der Waals surface area contributed by atoms with Gasteiger partial charge in [-0.25, -0.2) is 0 Å². The maximum Gasteiger partial charge on any atom is 0.279 e. The van der Waals surface area contributed by atoms with Crippen molar-refractivity contribution in [3.63, 3.8) is 0 Å². The molecule has 0 saturated carbocycles.